The van der Waals surface area contributed by atoms with E-state index in [1.54, 1.807) is 0 Å². The van der Waals surface area contributed by atoms with Gasteiger partial charge in [0.05, 0.1) is 13.2 Å². The second-order valence-corrected chi connectivity index (χ2v) is 7.76. The van der Waals surface area contributed by atoms with Crippen molar-refractivity contribution in [3.8, 4) is 0 Å². The molecule has 0 aliphatic heterocycles. The van der Waals surface area contributed by atoms with Gasteiger partial charge in [-0.1, -0.05) is 6.58 Å². The van der Waals surface area contributed by atoms with E-state index in [4.69, 9.17) is 4.55 Å². The van der Waals surface area contributed by atoms with Gasteiger partial charge in [0, 0.05) is 6.42 Å². The normalized spacial score (nSPS) is 14.8. The topological polar surface area (TPSA) is 136 Å². The van der Waals surface area contributed by atoms with E-state index in [-0.39, 0.29) is 0 Å². The Morgan fingerprint density at radius 1 is 1.03 bits per heavy atom. The molecule has 33 heavy (non-hydrogen) atoms. The van der Waals surface area contributed by atoms with Crippen LogP contribution in [0.1, 0.15) is 26.2 Å². The SMILES string of the molecule is C=C(F)C(=O)OC(OCCCCC(F)(F)C(F)(F)S(=O)(=O)O)(C(=O)NCC(C)=O)C(F)(F)F. The van der Waals surface area contributed by atoms with Crippen LogP contribution in [-0.2, 0) is 34.0 Å². The number of amides is 1. The van der Waals surface area contributed by atoms with E-state index in [0.29, 0.717) is 0 Å². The maximum Gasteiger partial charge on any atom is 0.466 e. The van der Waals surface area contributed by atoms with Gasteiger partial charge in [-0.3, -0.25) is 14.1 Å². The van der Waals surface area contributed by atoms with Crippen molar-refractivity contribution < 1.29 is 72.0 Å². The molecular weight excluding hydrogens is 506 g/mol. The molecule has 0 aromatic heterocycles. The highest BCUT2D eigenvalue weighted by Crippen LogP contribution is 2.42. The molecule has 0 radical (unpaired) electrons. The first-order chi connectivity index (χ1) is 14.6. The molecule has 1 unspecified atom stereocenters. The molecule has 1 atom stereocenters. The van der Waals surface area contributed by atoms with Crippen LogP contribution in [0.25, 0.3) is 0 Å². The molecule has 0 fully saturated rings. The summed E-state index contributed by atoms with van der Waals surface area (Å²) in [5, 5.41) is -4.52. The number of halogens is 8. The highest BCUT2D eigenvalue weighted by molar-refractivity contribution is 7.87. The Morgan fingerprint density at radius 2 is 1.55 bits per heavy atom. The van der Waals surface area contributed by atoms with Gasteiger partial charge in [0.15, 0.2) is 0 Å². The fourth-order valence-electron chi connectivity index (χ4n) is 1.92. The van der Waals surface area contributed by atoms with E-state index in [2.05, 4.69) is 16.1 Å². The zero-order chi connectivity index (χ0) is 26.5. The Hall–Kier alpha value is -2.34. The summed E-state index contributed by atoms with van der Waals surface area (Å²) in [5.74, 6) is -17.6. The maximum atomic E-state index is 13.5. The van der Waals surface area contributed by atoms with Crippen LogP contribution in [0.15, 0.2) is 12.4 Å². The lowest BCUT2D eigenvalue weighted by atomic mass is 10.1. The number of nitrogens with one attached hydrogen (secondary N) is 1. The Kier molecular flexibility index (Phi) is 9.96. The van der Waals surface area contributed by atoms with Crippen LogP contribution in [-0.4, -0.2) is 66.9 Å². The van der Waals surface area contributed by atoms with Crippen LogP contribution in [0.5, 0.6) is 0 Å². The molecule has 9 nitrogen and oxygen atoms in total. The third-order valence-electron chi connectivity index (χ3n) is 3.57. The molecule has 192 valence electrons. The average molecular weight is 523 g/mol. The Morgan fingerprint density at radius 3 is 1.94 bits per heavy atom. The number of hydrogen-bond acceptors (Lipinski definition) is 7. The van der Waals surface area contributed by atoms with Crippen LogP contribution in [0, 0.1) is 0 Å². The molecule has 0 saturated carbocycles. The minimum atomic E-state index is -6.54. The second kappa shape index (κ2) is 10.7. The quantitative estimate of drug-likeness (QED) is 0.0938. The molecule has 0 rings (SSSR count). The molecule has 0 saturated heterocycles. The minimum Gasteiger partial charge on any atom is -0.410 e. The third-order valence-corrected chi connectivity index (χ3v) is 4.51. The Bertz CT molecular complexity index is 874. The van der Waals surface area contributed by atoms with Gasteiger partial charge in [-0.25, -0.2) is 4.79 Å². The van der Waals surface area contributed by atoms with E-state index in [1.165, 1.54) is 5.32 Å². The van der Waals surface area contributed by atoms with Crippen molar-refractivity contribution in [1.82, 2.24) is 5.32 Å². The summed E-state index contributed by atoms with van der Waals surface area (Å²) in [5.41, 5.74) is 0. The molecule has 0 aliphatic rings. The fraction of sp³-hybridized carbons (Fsp3) is 0.667. The van der Waals surface area contributed by atoms with Crippen molar-refractivity contribution >= 4 is 27.8 Å². The standard InChI is InChI=1S/C15H17F8NO8S/c1-8(25)7-24-11(27)13(14(19,20)21,32-10(26)9(2)16)31-6-4-3-5-12(17,18)15(22,23)33(28,29)30/h2-7H2,1H3,(H,24,27)(H,28,29,30). The summed E-state index contributed by atoms with van der Waals surface area (Å²) in [6.45, 7) is 0.783. The van der Waals surface area contributed by atoms with Crippen LogP contribution < -0.4 is 5.32 Å². The summed E-state index contributed by atoms with van der Waals surface area (Å²) in [6.07, 6.45) is -10.0. The number of unbranched alkanes of at least 4 members (excludes halogenated alkanes) is 1. The first-order valence-corrected chi connectivity index (χ1v) is 9.85. The first kappa shape index (κ1) is 30.7. The molecule has 2 N–H and O–H groups in total. The number of ketones is 1. The van der Waals surface area contributed by atoms with Gasteiger partial charge in [-0.05, 0) is 19.8 Å². The molecule has 0 spiro atoms. The van der Waals surface area contributed by atoms with Gasteiger partial charge in [0.2, 0.25) is 5.83 Å². The lowest BCUT2D eigenvalue weighted by Crippen LogP contribution is -2.62. The number of rotatable bonds is 13. The van der Waals surface area contributed by atoms with Gasteiger partial charge < -0.3 is 14.8 Å². The zero-order valence-corrected chi connectivity index (χ0v) is 17.3. The molecule has 0 aromatic rings. The summed E-state index contributed by atoms with van der Waals surface area (Å²) >= 11 is 0. The third kappa shape index (κ3) is 7.60. The largest absolute Gasteiger partial charge is 0.466 e. The smallest absolute Gasteiger partial charge is 0.410 e. The van der Waals surface area contributed by atoms with E-state index in [1.807, 2.05) is 0 Å². The fourth-order valence-corrected chi connectivity index (χ4v) is 2.40. The molecule has 18 heteroatoms. The molecule has 0 aromatic carbocycles. The van der Waals surface area contributed by atoms with E-state index < -0.39 is 89.2 Å². The second-order valence-electron chi connectivity index (χ2n) is 6.30. The monoisotopic (exact) mass is 523 g/mol. The van der Waals surface area contributed by atoms with Crippen LogP contribution >= 0.6 is 0 Å². The van der Waals surface area contributed by atoms with Crippen molar-refractivity contribution in [3.05, 3.63) is 12.4 Å². The van der Waals surface area contributed by atoms with Gasteiger partial charge in [-0.2, -0.15) is 43.5 Å². The summed E-state index contributed by atoms with van der Waals surface area (Å²) < 4.78 is 143. The number of carbonyl (C=O) groups excluding carboxylic acids is 3. The summed E-state index contributed by atoms with van der Waals surface area (Å²) in [4.78, 5) is 34.2. The predicted molar refractivity (Wildman–Crippen MR) is 90.1 cm³/mol. The Labute approximate surface area is 180 Å². The lowest BCUT2D eigenvalue weighted by molar-refractivity contribution is -0.347. The maximum absolute atomic E-state index is 13.5. The van der Waals surface area contributed by atoms with Crippen LogP contribution in [0.2, 0.25) is 0 Å². The van der Waals surface area contributed by atoms with Gasteiger partial charge in [-0.15, -0.1) is 0 Å². The molecule has 0 heterocycles. The highest BCUT2D eigenvalue weighted by Gasteiger charge is 2.67. The number of Topliss-reactive ketones (excluding diaryl/α,β-unsaturated/α-hetero) is 1. The van der Waals surface area contributed by atoms with Crippen molar-refractivity contribution in [2.24, 2.45) is 0 Å². The molecule has 0 aliphatic carbocycles. The van der Waals surface area contributed by atoms with Gasteiger partial charge >= 0.3 is 45.1 Å². The van der Waals surface area contributed by atoms with Crippen molar-refractivity contribution in [3.63, 3.8) is 0 Å². The summed E-state index contributed by atoms with van der Waals surface area (Å²) in [7, 11) is -6.54. The van der Waals surface area contributed by atoms with Crippen LogP contribution in [0.3, 0.4) is 0 Å². The van der Waals surface area contributed by atoms with Crippen molar-refractivity contribution in [2.45, 2.75) is 49.3 Å². The first-order valence-electron chi connectivity index (χ1n) is 8.41. The molecular formula is C15H17F8NO8S. The number of ether oxygens (including phenoxy) is 2. The van der Waals surface area contributed by atoms with E-state index in [9.17, 15) is 57.9 Å². The highest BCUT2D eigenvalue weighted by atomic mass is 32.2. The van der Waals surface area contributed by atoms with Crippen molar-refractivity contribution in [1.29, 1.82) is 0 Å². The average Bonchev–Trinajstić information content (AvgIpc) is 2.62. The van der Waals surface area contributed by atoms with Gasteiger partial charge in [0.1, 0.15) is 5.78 Å². The lowest BCUT2D eigenvalue weighted by Gasteiger charge is -2.32. The van der Waals surface area contributed by atoms with Crippen molar-refractivity contribution in [2.75, 3.05) is 13.2 Å². The van der Waals surface area contributed by atoms with E-state index >= 15 is 0 Å². The predicted octanol–water partition coefficient (Wildman–Crippen LogP) is 2.28. The van der Waals surface area contributed by atoms with E-state index in [0.717, 1.165) is 6.92 Å². The number of hydrogen-bond donors (Lipinski definition) is 2. The molecule has 0 bridgehead atoms. The zero-order valence-electron chi connectivity index (χ0n) is 16.5. The van der Waals surface area contributed by atoms with Crippen LogP contribution in [0.4, 0.5) is 35.1 Å². The summed E-state index contributed by atoms with van der Waals surface area (Å²) in [6, 6.07) is 0. The minimum absolute atomic E-state index is 0.842. The van der Waals surface area contributed by atoms with Gasteiger partial charge in [0.25, 0.3) is 0 Å². The number of alkyl halides is 7. The Balaban J connectivity index is 5.58. The number of esters is 1. The molecule has 1 amide bonds. The number of carbonyl (C=O) groups is 3.